The van der Waals surface area contributed by atoms with Gasteiger partial charge in [0.25, 0.3) is 5.69 Å². The fourth-order valence-corrected chi connectivity index (χ4v) is 1.43. The van der Waals surface area contributed by atoms with Gasteiger partial charge in [-0.15, -0.1) is 0 Å². The number of benzene rings is 1. The zero-order valence-corrected chi connectivity index (χ0v) is 10.6. The topological polar surface area (TPSA) is 79.0 Å². The molecule has 1 rings (SSSR count). The summed E-state index contributed by atoms with van der Waals surface area (Å²) in [6.45, 7) is 5.21. The monoisotopic (exact) mass is 247 g/mol. The minimum Gasteiger partial charge on any atom is -0.313 e. The largest absolute Gasteiger partial charge is 0.313 e. The molecular weight excluding hydrogens is 230 g/mol. The van der Waals surface area contributed by atoms with E-state index in [9.17, 15) is 10.1 Å². The van der Waals surface area contributed by atoms with Crippen LogP contribution in [0.4, 0.5) is 5.69 Å². The van der Waals surface area contributed by atoms with Crippen LogP contribution in [0.3, 0.4) is 0 Å². The van der Waals surface area contributed by atoms with E-state index in [1.807, 2.05) is 13.8 Å². The third-order valence-electron chi connectivity index (χ3n) is 2.71. The first kappa shape index (κ1) is 14.1. The molecule has 0 aliphatic carbocycles. The van der Waals surface area contributed by atoms with Crippen LogP contribution in [0.15, 0.2) is 24.3 Å². The van der Waals surface area contributed by atoms with Gasteiger partial charge in [0.05, 0.1) is 16.4 Å². The van der Waals surface area contributed by atoms with Crippen molar-refractivity contribution in [3.63, 3.8) is 0 Å². The van der Waals surface area contributed by atoms with Gasteiger partial charge in [-0.2, -0.15) is 5.26 Å². The Balaban J connectivity index is 2.37. The highest BCUT2D eigenvalue weighted by Gasteiger charge is 2.15. The van der Waals surface area contributed by atoms with E-state index in [-0.39, 0.29) is 11.1 Å². The van der Waals surface area contributed by atoms with E-state index in [0.717, 1.165) is 18.5 Å². The Morgan fingerprint density at radius 2 is 2.00 bits per heavy atom. The van der Waals surface area contributed by atoms with Crippen molar-refractivity contribution >= 4 is 5.69 Å². The second-order valence-corrected chi connectivity index (χ2v) is 4.85. The number of non-ortho nitro benzene ring substituents is 1. The molecule has 5 nitrogen and oxygen atoms in total. The van der Waals surface area contributed by atoms with Gasteiger partial charge >= 0.3 is 0 Å². The summed E-state index contributed by atoms with van der Waals surface area (Å²) >= 11 is 0. The molecule has 0 fully saturated rings. The second-order valence-electron chi connectivity index (χ2n) is 4.85. The molecular formula is C13H17N3O2. The molecule has 0 radical (unpaired) electrons. The average molecular weight is 247 g/mol. The van der Waals surface area contributed by atoms with Crippen LogP contribution in [-0.4, -0.2) is 11.5 Å². The minimum atomic E-state index is -0.410. The zero-order chi connectivity index (χ0) is 13.6. The van der Waals surface area contributed by atoms with E-state index in [0.29, 0.717) is 6.54 Å². The molecule has 0 unspecified atom stereocenters. The van der Waals surface area contributed by atoms with Crippen LogP contribution >= 0.6 is 0 Å². The standard InChI is InChI=1S/C13H17N3O2/c1-13(2,10-14)7-8-15-9-11-3-5-12(6-4-11)16(17)18/h3-6,15H,7-9H2,1-2H3. The fraction of sp³-hybridized carbons (Fsp3) is 0.462. The summed E-state index contributed by atoms with van der Waals surface area (Å²) in [4.78, 5) is 10.1. The Morgan fingerprint density at radius 3 is 2.50 bits per heavy atom. The lowest BCUT2D eigenvalue weighted by atomic mass is 9.91. The molecule has 1 aromatic carbocycles. The van der Waals surface area contributed by atoms with Gasteiger partial charge in [0.15, 0.2) is 0 Å². The lowest BCUT2D eigenvalue weighted by Gasteiger charge is -2.14. The van der Waals surface area contributed by atoms with Gasteiger partial charge in [-0.3, -0.25) is 10.1 Å². The summed E-state index contributed by atoms with van der Waals surface area (Å²) in [6.07, 6.45) is 0.774. The predicted molar refractivity (Wildman–Crippen MR) is 68.8 cm³/mol. The zero-order valence-electron chi connectivity index (χ0n) is 10.6. The molecule has 0 atom stereocenters. The van der Waals surface area contributed by atoms with E-state index >= 15 is 0 Å². The summed E-state index contributed by atoms with van der Waals surface area (Å²) in [5.41, 5.74) is 0.780. The molecule has 0 saturated heterocycles. The van der Waals surface area contributed by atoms with Crippen molar-refractivity contribution < 1.29 is 4.92 Å². The smallest absolute Gasteiger partial charge is 0.269 e. The van der Waals surface area contributed by atoms with E-state index in [2.05, 4.69) is 11.4 Å². The quantitative estimate of drug-likeness (QED) is 0.476. The first-order valence-corrected chi connectivity index (χ1v) is 5.80. The number of nitrogens with zero attached hydrogens (tertiary/aromatic N) is 2. The van der Waals surface area contributed by atoms with Crippen molar-refractivity contribution in [2.45, 2.75) is 26.8 Å². The molecule has 0 aliphatic heterocycles. The van der Waals surface area contributed by atoms with E-state index in [1.165, 1.54) is 12.1 Å². The van der Waals surface area contributed by atoms with Crippen LogP contribution in [0.25, 0.3) is 0 Å². The Kier molecular flexibility index (Phi) is 4.81. The van der Waals surface area contributed by atoms with E-state index in [4.69, 9.17) is 5.26 Å². The maximum atomic E-state index is 10.5. The van der Waals surface area contributed by atoms with Crippen molar-refractivity contribution in [1.82, 2.24) is 5.32 Å². The molecule has 96 valence electrons. The summed E-state index contributed by atoms with van der Waals surface area (Å²) in [7, 11) is 0. The highest BCUT2D eigenvalue weighted by atomic mass is 16.6. The van der Waals surface area contributed by atoms with Gasteiger partial charge in [-0.25, -0.2) is 0 Å². The number of hydrogen-bond acceptors (Lipinski definition) is 4. The SMILES string of the molecule is CC(C)(C#N)CCNCc1ccc([N+](=O)[O-])cc1. The van der Waals surface area contributed by atoms with Crippen LogP contribution in [0.2, 0.25) is 0 Å². The first-order valence-electron chi connectivity index (χ1n) is 5.80. The number of rotatable bonds is 6. The number of nitro benzene ring substituents is 1. The molecule has 0 saturated carbocycles. The van der Waals surface area contributed by atoms with Crippen molar-refractivity contribution in [2.24, 2.45) is 5.41 Å². The summed E-state index contributed by atoms with van der Waals surface area (Å²) in [5, 5.41) is 22.5. The van der Waals surface area contributed by atoms with Crippen LogP contribution in [0.1, 0.15) is 25.8 Å². The normalized spacial score (nSPS) is 10.9. The van der Waals surface area contributed by atoms with E-state index in [1.54, 1.807) is 12.1 Å². The average Bonchev–Trinajstić information content (AvgIpc) is 2.35. The Bertz CT molecular complexity index is 446. The minimum absolute atomic E-state index is 0.101. The van der Waals surface area contributed by atoms with Crippen LogP contribution < -0.4 is 5.32 Å². The first-order chi connectivity index (χ1) is 8.44. The number of nitrogens with one attached hydrogen (secondary N) is 1. The molecule has 0 spiro atoms. The third-order valence-corrected chi connectivity index (χ3v) is 2.71. The molecule has 5 heteroatoms. The number of hydrogen-bond donors (Lipinski definition) is 1. The lowest BCUT2D eigenvalue weighted by Crippen LogP contribution is -2.21. The van der Waals surface area contributed by atoms with Gasteiger partial charge in [0.1, 0.15) is 0 Å². The van der Waals surface area contributed by atoms with Crippen molar-refractivity contribution in [3.8, 4) is 6.07 Å². The van der Waals surface area contributed by atoms with Crippen LogP contribution in [-0.2, 0) is 6.54 Å². The van der Waals surface area contributed by atoms with Crippen molar-refractivity contribution in [1.29, 1.82) is 5.26 Å². The van der Waals surface area contributed by atoms with Gasteiger partial charge in [0.2, 0.25) is 0 Å². The molecule has 1 aromatic rings. The molecule has 1 N–H and O–H groups in total. The highest BCUT2D eigenvalue weighted by molar-refractivity contribution is 5.32. The van der Waals surface area contributed by atoms with Gasteiger partial charge < -0.3 is 5.32 Å². The molecule has 0 aliphatic rings. The van der Waals surface area contributed by atoms with Crippen molar-refractivity contribution in [3.05, 3.63) is 39.9 Å². The summed E-state index contributed by atoms with van der Waals surface area (Å²) < 4.78 is 0. The lowest BCUT2D eigenvalue weighted by molar-refractivity contribution is -0.384. The molecule has 0 amide bonds. The van der Waals surface area contributed by atoms with Gasteiger partial charge in [-0.05, 0) is 32.4 Å². The summed E-state index contributed by atoms with van der Waals surface area (Å²) in [5.74, 6) is 0. The molecule has 0 aromatic heterocycles. The van der Waals surface area contributed by atoms with E-state index < -0.39 is 4.92 Å². The summed E-state index contributed by atoms with van der Waals surface area (Å²) in [6, 6.07) is 8.71. The molecule has 0 heterocycles. The van der Waals surface area contributed by atoms with Crippen LogP contribution in [0, 0.1) is 26.9 Å². The molecule has 0 bridgehead atoms. The number of nitro groups is 1. The maximum absolute atomic E-state index is 10.5. The maximum Gasteiger partial charge on any atom is 0.269 e. The highest BCUT2D eigenvalue weighted by Crippen LogP contribution is 2.17. The van der Waals surface area contributed by atoms with Crippen molar-refractivity contribution in [2.75, 3.05) is 6.54 Å². The Labute approximate surface area is 107 Å². The molecule has 18 heavy (non-hydrogen) atoms. The fourth-order valence-electron chi connectivity index (χ4n) is 1.43. The second kappa shape index (κ2) is 6.12. The predicted octanol–water partition coefficient (Wildman–Crippen LogP) is 2.62. The third kappa shape index (κ3) is 4.52. The number of nitriles is 1. The van der Waals surface area contributed by atoms with Gasteiger partial charge in [-0.1, -0.05) is 12.1 Å². The Hall–Kier alpha value is -1.93. The van der Waals surface area contributed by atoms with Gasteiger partial charge in [0, 0.05) is 18.7 Å². The Morgan fingerprint density at radius 1 is 1.39 bits per heavy atom. The van der Waals surface area contributed by atoms with Crippen LogP contribution in [0.5, 0.6) is 0 Å².